The highest BCUT2D eigenvalue weighted by atomic mass is 19.1. The average molecular weight is 365 g/mol. The zero-order valence-electron chi connectivity index (χ0n) is 14.5. The number of halogens is 1. The summed E-state index contributed by atoms with van der Waals surface area (Å²) in [4.78, 5) is 16.4. The lowest BCUT2D eigenvalue weighted by Crippen LogP contribution is -2.11. The zero-order chi connectivity index (χ0) is 18.8. The number of nitrogens with one attached hydrogen (secondary N) is 1. The summed E-state index contributed by atoms with van der Waals surface area (Å²) in [5, 5.41) is 10.4. The van der Waals surface area contributed by atoms with Gasteiger partial charge in [-0.15, -0.1) is 0 Å². The molecule has 0 bridgehead atoms. The number of nitrogens with zero attached hydrogens (tertiary/aromatic N) is 4. The van der Waals surface area contributed by atoms with E-state index in [1.807, 2.05) is 28.8 Å². The first-order valence-electron chi connectivity index (χ1n) is 8.48. The summed E-state index contributed by atoms with van der Waals surface area (Å²) in [6.07, 6.45) is 0.304. The van der Waals surface area contributed by atoms with E-state index >= 15 is 0 Å². The average Bonchev–Trinajstić information content (AvgIpc) is 3.28. The molecule has 4 rings (SSSR count). The smallest absolute Gasteiger partial charge is 0.225 e. The number of imidazole rings is 1. The Bertz CT molecular complexity index is 1100. The van der Waals surface area contributed by atoms with Crippen molar-refractivity contribution >= 4 is 22.8 Å². The Kier molecular flexibility index (Phi) is 4.37. The van der Waals surface area contributed by atoms with Crippen LogP contribution in [0.4, 0.5) is 10.2 Å². The van der Waals surface area contributed by atoms with Gasteiger partial charge < -0.3 is 9.88 Å². The predicted molar refractivity (Wildman–Crippen MR) is 97.4 cm³/mol. The van der Waals surface area contributed by atoms with E-state index in [9.17, 15) is 9.18 Å². The number of aromatic nitrogens is 4. The lowest BCUT2D eigenvalue weighted by molar-refractivity contribution is -0.115. The molecule has 136 valence electrons. The maximum absolute atomic E-state index is 13.2. The van der Waals surface area contributed by atoms with Gasteiger partial charge in [0.1, 0.15) is 5.82 Å². The van der Waals surface area contributed by atoms with Crippen LogP contribution in [0.2, 0.25) is 0 Å². The second-order valence-electron chi connectivity index (χ2n) is 6.00. The van der Waals surface area contributed by atoms with Gasteiger partial charge in [-0.05, 0) is 40.1 Å². The molecule has 0 radical (unpaired) electrons. The number of para-hydroxylation sites is 2. The van der Waals surface area contributed by atoms with E-state index in [-0.39, 0.29) is 17.5 Å². The number of benzene rings is 2. The van der Waals surface area contributed by atoms with Crippen molar-refractivity contribution in [3.8, 4) is 11.5 Å². The van der Waals surface area contributed by atoms with Crippen molar-refractivity contribution in [2.75, 3.05) is 5.32 Å². The molecule has 4 aromatic rings. The second-order valence-corrected chi connectivity index (χ2v) is 6.00. The SMILES string of the molecule is CCC(=O)Nc1nonc1-c1nc2ccccc2n1Cc1ccc(F)cc1. The van der Waals surface area contributed by atoms with E-state index in [2.05, 4.69) is 20.6 Å². The topological polar surface area (TPSA) is 85.8 Å². The van der Waals surface area contributed by atoms with Crippen LogP contribution in [-0.2, 0) is 11.3 Å². The molecule has 0 saturated heterocycles. The largest absolute Gasteiger partial charge is 0.318 e. The number of anilines is 1. The monoisotopic (exact) mass is 365 g/mol. The van der Waals surface area contributed by atoms with Crippen LogP contribution in [0.3, 0.4) is 0 Å². The number of fused-ring (bicyclic) bond motifs is 1. The molecule has 0 spiro atoms. The minimum absolute atomic E-state index is 0.201. The third-order valence-electron chi connectivity index (χ3n) is 4.19. The highest BCUT2D eigenvalue weighted by Crippen LogP contribution is 2.29. The highest BCUT2D eigenvalue weighted by Gasteiger charge is 2.21. The molecule has 2 aromatic carbocycles. The number of carbonyl (C=O) groups excluding carboxylic acids is 1. The van der Waals surface area contributed by atoms with Crippen molar-refractivity contribution < 1.29 is 13.8 Å². The Morgan fingerprint density at radius 1 is 1.15 bits per heavy atom. The summed E-state index contributed by atoms with van der Waals surface area (Å²) in [6.45, 7) is 2.19. The van der Waals surface area contributed by atoms with Crippen LogP contribution in [0.5, 0.6) is 0 Å². The highest BCUT2D eigenvalue weighted by molar-refractivity contribution is 5.93. The lowest BCUT2D eigenvalue weighted by Gasteiger charge is -2.09. The Morgan fingerprint density at radius 3 is 2.70 bits per heavy atom. The maximum Gasteiger partial charge on any atom is 0.225 e. The third-order valence-corrected chi connectivity index (χ3v) is 4.19. The number of rotatable bonds is 5. The first-order valence-corrected chi connectivity index (χ1v) is 8.48. The molecular weight excluding hydrogens is 349 g/mol. The Morgan fingerprint density at radius 2 is 1.93 bits per heavy atom. The van der Waals surface area contributed by atoms with Gasteiger partial charge >= 0.3 is 0 Å². The van der Waals surface area contributed by atoms with E-state index in [1.165, 1.54) is 12.1 Å². The standard InChI is InChI=1S/C19H16FN5O2/c1-2-16(26)22-18-17(23-27-24-18)19-21-14-5-3-4-6-15(14)25(19)11-12-7-9-13(20)10-8-12/h3-10H,2,11H2,1H3,(H,22,24,26). The fraction of sp³-hybridized carbons (Fsp3) is 0.158. The van der Waals surface area contributed by atoms with Crippen molar-refractivity contribution in [3.63, 3.8) is 0 Å². The first kappa shape index (κ1) is 16.9. The minimum Gasteiger partial charge on any atom is -0.318 e. The van der Waals surface area contributed by atoms with E-state index in [4.69, 9.17) is 4.63 Å². The van der Waals surface area contributed by atoms with Gasteiger partial charge in [-0.2, -0.15) is 0 Å². The molecule has 2 aromatic heterocycles. The van der Waals surface area contributed by atoms with Crippen molar-refractivity contribution in [1.29, 1.82) is 0 Å². The molecule has 0 aliphatic heterocycles. The van der Waals surface area contributed by atoms with Crippen molar-refractivity contribution in [2.24, 2.45) is 0 Å². The summed E-state index contributed by atoms with van der Waals surface area (Å²) >= 11 is 0. The molecular formula is C19H16FN5O2. The van der Waals surface area contributed by atoms with Crippen molar-refractivity contribution in [2.45, 2.75) is 19.9 Å². The van der Waals surface area contributed by atoms with Crippen LogP contribution in [0.25, 0.3) is 22.6 Å². The molecule has 0 aliphatic carbocycles. The van der Waals surface area contributed by atoms with Crippen LogP contribution in [0, 0.1) is 5.82 Å². The van der Waals surface area contributed by atoms with Crippen LogP contribution in [0.15, 0.2) is 53.2 Å². The summed E-state index contributed by atoms with van der Waals surface area (Å²) in [5.74, 6) is 0.235. The van der Waals surface area contributed by atoms with Gasteiger partial charge in [0.25, 0.3) is 0 Å². The first-order chi connectivity index (χ1) is 13.2. The molecule has 7 nitrogen and oxygen atoms in total. The van der Waals surface area contributed by atoms with Crippen LogP contribution in [-0.4, -0.2) is 25.8 Å². The molecule has 27 heavy (non-hydrogen) atoms. The molecule has 2 heterocycles. The Balaban J connectivity index is 1.82. The molecule has 0 atom stereocenters. The minimum atomic E-state index is -0.292. The van der Waals surface area contributed by atoms with Gasteiger partial charge in [-0.3, -0.25) is 4.79 Å². The van der Waals surface area contributed by atoms with E-state index in [0.29, 0.717) is 24.5 Å². The van der Waals surface area contributed by atoms with Gasteiger partial charge in [0.15, 0.2) is 11.5 Å². The number of amides is 1. The summed E-state index contributed by atoms with van der Waals surface area (Å²) in [7, 11) is 0. The molecule has 0 fully saturated rings. The molecule has 0 saturated carbocycles. The number of hydrogen-bond donors (Lipinski definition) is 1. The van der Waals surface area contributed by atoms with E-state index in [1.54, 1.807) is 19.1 Å². The number of hydrogen-bond acceptors (Lipinski definition) is 5. The fourth-order valence-corrected chi connectivity index (χ4v) is 2.83. The lowest BCUT2D eigenvalue weighted by atomic mass is 10.2. The molecule has 1 amide bonds. The van der Waals surface area contributed by atoms with Gasteiger partial charge in [0.2, 0.25) is 11.7 Å². The number of carbonyl (C=O) groups is 1. The van der Waals surface area contributed by atoms with Crippen molar-refractivity contribution in [1.82, 2.24) is 19.9 Å². The van der Waals surface area contributed by atoms with Crippen LogP contribution >= 0.6 is 0 Å². The van der Waals surface area contributed by atoms with Gasteiger partial charge in [-0.25, -0.2) is 14.0 Å². The van der Waals surface area contributed by atoms with Crippen molar-refractivity contribution in [3.05, 3.63) is 59.9 Å². The summed E-state index contributed by atoms with van der Waals surface area (Å²) in [6, 6.07) is 13.9. The normalized spacial score (nSPS) is 11.0. The maximum atomic E-state index is 13.2. The predicted octanol–water partition coefficient (Wildman–Crippen LogP) is 3.62. The molecule has 0 aliphatic rings. The van der Waals surface area contributed by atoms with E-state index in [0.717, 1.165) is 16.6 Å². The quantitative estimate of drug-likeness (QED) is 0.584. The van der Waals surface area contributed by atoms with E-state index < -0.39 is 0 Å². The van der Waals surface area contributed by atoms with Gasteiger partial charge in [0.05, 0.1) is 11.0 Å². The third kappa shape index (κ3) is 3.29. The molecule has 1 N–H and O–H groups in total. The van der Waals surface area contributed by atoms with Gasteiger partial charge in [0, 0.05) is 13.0 Å². The second kappa shape index (κ2) is 6.99. The summed E-state index contributed by atoms with van der Waals surface area (Å²) in [5.41, 5.74) is 2.89. The van der Waals surface area contributed by atoms with Crippen LogP contribution < -0.4 is 5.32 Å². The van der Waals surface area contributed by atoms with Crippen LogP contribution in [0.1, 0.15) is 18.9 Å². The Labute approximate surface area is 153 Å². The zero-order valence-corrected chi connectivity index (χ0v) is 14.5. The molecule has 0 unspecified atom stereocenters. The van der Waals surface area contributed by atoms with Gasteiger partial charge in [-0.1, -0.05) is 31.2 Å². The fourth-order valence-electron chi connectivity index (χ4n) is 2.83. The molecule has 8 heteroatoms. The summed E-state index contributed by atoms with van der Waals surface area (Å²) < 4.78 is 20.0. The Hall–Kier alpha value is -3.55.